The van der Waals surface area contributed by atoms with Crippen LogP contribution in [0.3, 0.4) is 0 Å². The number of carbonyl (C=O) groups excluding carboxylic acids is 1. The van der Waals surface area contributed by atoms with Crippen molar-refractivity contribution in [2.24, 2.45) is 0 Å². The summed E-state index contributed by atoms with van der Waals surface area (Å²) in [6, 6.07) is 10.4. The number of aryl methyl sites for hydroxylation is 1. The van der Waals surface area contributed by atoms with Crippen LogP contribution in [0.2, 0.25) is 0 Å². The molecule has 0 spiro atoms. The van der Waals surface area contributed by atoms with Gasteiger partial charge >= 0.3 is 0 Å². The first-order chi connectivity index (χ1) is 10.2. The van der Waals surface area contributed by atoms with Crippen LogP contribution in [-0.2, 0) is 6.42 Å². The monoisotopic (exact) mass is 284 g/mol. The van der Waals surface area contributed by atoms with E-state index in [-0.39, 0.29) is 11.9 Å². The van der Waals surface area contributed by atoms with Crippen molar-refractivity contribution in [1.82, 2.24) is 15.5 Å². The topological polar surface area (TPSA) is 83.8 Å². The van der Waals surface area contributed by atoms with Crippen molar-refractivity contribution >= 4 is 11.6 Å². The third kappa shape index (κ3) is 2.77. The minimum atomic E-state index is -0.186. The number of nitrogens with zero attached hydrogens (tertiary/aromatic N) is 1. The highest BCUT2D eigenvalue weighted by atomic mass is 16.2. The molecule has 4 N–H and O–H groups in total. The minimum absolute atomic E-state index is 0.186. The van der Waals surface area contributed by atoms with Crippen LogP contribution in [0.4, 0.5) is 5.69 Å². The molecule has 5 nitrogen and oxygen atoms in total. The van der Waals surface area contributed by atoms with Crippen molar-refractivity contribution in [3.05, 3.63) is 47.3 Å². The summed E-state index contributed by atoms with van der Waals surface area (Å²) < 4.78 is 0. The summed E-state index contributed by atoms with van der Waals surface area (Å²) in [7, 11) is 0. The highest BCUT2D eigenvalue weighted by Gasteiger charge is 2.40. The summed E-state index contributed by atoms with van der Waals surface area (Å²) in [6.07, 6.45) is 2.75. The lowest BCUT2D eigenvalue weighted by atomic mass is 10.1. The van der Waals surface area contributed by atoms with Gasteiger partial charge in [-0.25, -0.2) is 0 Å². The molecule has 0 bridgehead atoms. The van der Waals surface area contributed by atoms with Crippen molar-refractivity contribution < 1.29 is 4.79 Å². The number of hydrogen-bond donors (Lipinski definition) is 3. The molecule has 1 saturated carbocycles. The molecular formula is C16H20N4O. The first-order valence-corrected chi connectivity index (χ1v) is 7.39. The highest BCUT2D eigenvalue weighted by Crippen LogP contribution is 2.40. The molecule has 1 aliphatic rings. The SMILES string of the molecule is CCCc1[nH]nc(C(=O)NC2CC2c2ccccc2)c1N. The zero-order valence-electron chi connectivity index (χ0n) is 12.1. The highest BCUT2D eigenvalue weighted by molar-refractivity contribution is 5.98. The third-order valence-corrected chi connectivity index (χ3v) is 3.93. The summed E-state index contributed by atoms with van der Waals surface area (Å²) in [5, 5.41) is 9.92. The number of nitrogens with two attached hydrogens (primary N) is 1. The number of rotatable bonds is 5. The largest absolute Gasteiger partial charge is 0.395 e. The zero-order valence-corrected chi connectivity index (χ0v) is 12.1. The number of H-pyrrole nitrogens is 1. The van der Waals surface area contributed by atoms with Crippen LogP contribution in [0.5, 0.6) is 0 Å². The number of nitrogens with one attached hydrogen (secondary N) is 2. The van der Waals surface area contributed by atoms with Gasteiger partial charge in [0.15, 0.2) is 5.69 Å². The first-order valence-electron chi connectivity index (χ1n) is 7.39. The Hall–Kier alpha value is -2.30. The smallest absolute Gasteiger partial charge is 0.274 e. The number of benzene rings is 1. The van der Waals surface area contributed by atoms with Gasteiger partial charge in [-0.3, -0.25) is 9.89 Å². The lowest BCUT2D eigenvalue weighted by Crippen LogP contribution is -2.27. The molecule has 2 aromatic rings. The maximum Gasteiger partial charge on any atom is 0.274 e. The van der Waals surface area contributed by atoms with Crippen molar-refractivity contribution in [2.45, 2.75) is 38.1 Å². The summed E-state index contributed by atoms with van der Waals surface area (Å²) in [5.41, 5.74) is 8.89. The number of aromatic nitrogens is 2. The van der Waals surface area contributed by atoms with E-state index in [2.05, 4.69) is 34.6 Å². The summed E-state index contributed by atoms with van der Waals surface area (Å²) in [5.74, 6) is 0.222. The van der Waals surface area contributed by atoms with E-state index < -0.39 is 0 Å². The zero-order chi connectivity index (χ0) is 14.8. The standard InChI is InChI=1S/C16H20N4O/c1-2-6-12-14(17)15(20-19-12)16(21)18-13-9-11(13)10-7-4-3-5-8-10/h3-5,7-8,11,13H,2,6,9,17H2,1H3,(H,18,21)(H,19,20). The molecule has 1 aromatic carbocycles. The molecule has 1 heterocycles. The quantitative estimate of drug-likeness (QED) is 0.787. The van der Waals surface area contributed by atoms with E-state index >= 15 is 0 Å². The Balaban J connectivity index is 1.63. The molecule has 1 amide bonds. The molecular weight excluding hydrogens is 264 g/mol. The van der Waals surface area contributed by atoms with Crippen LogP contribution < -0.4 is 11.1 Å². The molecule has 0 radical (unpaired) electrons. The van der Waals surface area contributed by atoms with Gasteiger partial charge < -0.3 is 11.1 Å². The molecule has 5 heteroatoms. The normalized spacial score (nSPS) is 20.2. The van der Waals surface area contributed by atoms with Gasteiger partial charge in [-0.1, -0.05) is 43.7 Å². The van der Waals surface area contributed by atoms with Crippen LogP contribution in [0, 0.1) is 0 Å². The molecule has 1 aliphatic carbocycles. The molecule has 21 heavy (non-hydrogen) atoms. The van der Waals surface area contributed by atoms with Crippen LogP contribution >= 0.6 is 0 Å². The number of aromatic amines is 1. The number of hydrogen-bond acceptors (Lipinski definition) is 3. The maximum absolute atomic E-state index is 12.2. The van der Waals surface area contributed by atoms with Gasteiger partial charge in [0.05, 0.1) is 11.4 Å². The second-order valence-electron chi connectivity index (χ2n) is 5.55. The van der Waals surface area contributed by atoms with E-state index in [1.165, 1.54) is 5.56 Å². The first kappa shape index (κ1) is 13.7. The molecule has 1 aromatic heterocycles. The predicted molar refractivity (Wildman–Crippen MR) is 82.0 cm³/mol. The predicted octanol–water partition coefficient (Wildman–Crippen LogP) is 2.23. The van der Waals surface area contributed by atoms with Crippen LogP contribution in [-0.4, -0.2) is 22.1 Å². The van der Waals surface area contributed by atoms with Crippen molar-refractivity contribution in [3.8, 4) is 0 Å². The van der Waals surface area contributed by atoms with Gasteiger partial charge in [-0.05, 0) is 18.4 Å². The van der Waals surface area contributed by atoms with Gasteiger partial charge in [0.25, 0.3) is 5.91 Å². The summed E-state index contributed by atoms with van der Waals surface area (Å²) in [4.78, 5) is 12.2. The molecule has 0 saturated heterocycles. The van der Waals surface area contributed by atoms with Crippen LogP contribution in [0.1, 0.15) is 47.4 Å². The molecule has 1 fully saturated rings. The lowest BCUT2D eigenvalue weighted by Gasteiger charge is -2.04. The van der Waals surface area contributed by atoms with Gasteiger partial charge in [0, 0.05) is 12.0 Å². The lowest BCUT2D eigenvalue weighted by molar-refractivity contribution is 0.0946. The molecule has 0 aliphatic heterocycles. The van der Waals surface area contributed by atoms with Crippen molar-refractivity contribution in [2.75, 3.05) is 5.73 Å². The number of anilines is 1. The minimum Gasteiger partial charge on any atom is -0.395 e. The molecule has 3 rings (SSSR count). The molecule has 2 atom stereocenters. The Kier molecular flexibility index (Phi) is 3.64. The fraction of sp³-hybridized carbons (Fsp3) is 0.375. The molecule has 2 unspecified atom stereocenters. The van der Waals surface area contributed by atoms with Gasteiger partial charge in [0.2, 0.25) is 0 Å². The Labute approximate surface area is 123 Å². The number of amides is 1. The Morgan fingerprint density at radius 2 is 2.19 bits per heavy atom. The average molecular weight is 284 g/mol. The van der Waals surface area contributed by atoms with Crippen LogP contribution in [0.15, 0.2) is 30.3 Å². The van der Waals surface area contributed by atoms with Crippen LogP contribution in [0.25, 0.3) is 0 Å². The maximum atomic E-state index is 12.2. The second kappa shape index (κ2) is 5.60. The number of nitrogen functional groups attached to an aromatic ring is 1. The van der Waals surface area contributed by atoms with E-state index in [0.29, 0.717) is 17.3 Å². The Bertz CT molecular complexity index is 635. The van der Waals surface area contributed by atoms with Gasteiger partial charge in [-0.15, -0.1) is 0 Å². The van der Waals surface area contributed by atoms with E-state index in [1.54, 1.807) is 0 Å². The van der Waals surface area contributed by atoms with Crippen molar-refractivity contribution in [1.29, 1.82) is 0 Å². The summed E-state index contributed by atoms with van der Waals surface area (Å²) >= 11 is 0. The Morgan fingerprint density at radius 1 is 1.43 bits per heavy atom. The van der Waals surface area contributed by atoms with E-state index in [4.69, 9.17) is 5.73 Å². The third-order valence-electron chi connectivity index (χ3n) is 3.93. The fourth-order valence-electron chi connectivity index (χ4n) is 2.66. The van der Waals surface area contributed by atoms with E-state index in [0.717, 1.165) is 25.0 Å². The Morgan fingerprint density at radius 3 is 2.90 bits per heavy atom. The summed E-state index contributed by atoms with van der Waals surface area (Å²) in [6.45, 7) is 2.06. The van der Waals surface area contributed by atoms with E-state index in [1.807, 2.05) is 18.2 Å². The van der Waals surface area contributed by atoms with Gasteiger partial charge in [0.1, 0.15) is 0 Å². The number of carbonyl (C=O) groups is 1. The van der Waals surface area contributed by atoms with E-state index in [9.17, 15) is 4.79 Å². The second-order valence-corrected chi connectivity index (χ2v) is 5.55. The van der Waals surface area contributed by atoms with Gasteiger partial charge in [-0.2, -0.15) is 5.10 Å². The fourth-order valence-corrected chi connectivity index (χ4v) is 2.66. The molecule has 110 valence electrons. The van der Waals surface area contributed by atoms with Crippen molar-refractivity contribution in [3.63, 3.8) is 0 Å². The average Bonchev–Trinajstić information content (AvgIpc) is 3.17.